The first-order chi connectivity index (χ1) is 12.7. The molecule has 1 aromatic carbocycles. The first-order valence-electron chi connectivity index (χ1n) is 9.02. The van der Waals surface area contributed by atoms with Crippen molar-refractivity contribution in [3.63, 3.8) is 0 Å². The van der Waals surface area contributed by atoms with Crippen LogP contribution in [0.2, 0.25) is 5.02 Å². The van der Waals surface area contributed by atoms with Gasteiger partial charge in [-0.2, -0.15) is 5.10 Å². The predicted octanol–water partition coefficient (Wildman–Crippen LogP) is 2.98. The van der Waals surface area contributed by atoms with Gasteiger partial charge in [0.05, 0.1) is 5.69 Å². The third-order valence-electron chi connectivity index (χ3n) is 5.03. The molecule has 0 unspecified atom stereocenters. The highest BCUT2D eigenvalue weighted by molar-refractivity contribution is 6.32. The second kappa shape index (κ2) is 7.46. The molecule has 0 bridgehead atoms. The number of aromatic nitrogens is 2. The average molecular weight is 369 g/mol. The molecule has 1 aliphatic carbocycles. The summed E-state index contributed by atoms with van der Waals surface area (Å²) < 4.78 is 0. The van der Waals surface area contributed by atoms with Crippen LogP contribution in [0, 0.1) is 0 Å². The Kier molecular flexibility index (Phi) is 4.89. The summed E-state index contributed by atoms with van der Waals surface area (Å²) in [6, 6.07) is 9.68. The maximum atomic E-state index is 12.4. The van der Waals surface area contributed by atoms with E-state index in [-0.39, 0.29) is 5.91 Å². The number of halogens is 1. The zero-order valence-corrected chi connectivity index (χ0v) is 15.3. The molecular weight excluding hydrogens is 348 g/mol. The molecule has 0 N–H and O–H groups in total. The maximum Gasteiger partial charge on any atom is 0.246 e. The van der Waals surface area contributed by atoms with Crippen molar-refractivity contribution in [2.24, 2.45) is 0 Å². The molecule has 1 saturated heterocycles. The van der Waals surface area contributed by atoms with Gasteiger partial charge >= 0.3 is 0 Å². The summed E-state index contributed by atoms with van der Waals surface area (Å²) in [5, 5.41) is 9.39. The van der Waals surface area contributed by atoms with Gasteiger partial charge in [0.25, 0.3) is 0 Å². The number of hydrogen-bond acceptors (Lipinski definition) is 4. The van der Waals surface area contributed by atoms with E-state index in [0.717, 1.165) is 43.0 Å². The Labute approximate surface area is 158 Å². The molecule has 0 radical (unpaired) electrons. The highest BCUT2D eigenvalue weighted by Crippen LogP contribution is 2.23. The fourth-order valence-electron chi connectivity index (χ4n) is 3.50. The van der Waals surface area contributed by atoms with Crippen LogP contribution in [0.25, 0.3) is 6.08 Å². The number of fused-ring (bicyclic) bond motifs is 1. The predicted molar refractivity (Wildman–Crippen MR) is 103 cm³/mol. The van der Waals surface area contributed by atoms with Gasteiger partial charge in [0.2, 0.25) is 5.91 Å². The molecule has 2 aromatic rings. The zero-order valence-electron chi connectivity index (χ0n) is 14.6. The van der Waals surface area contributed by atoms with Gasteiger partial charge in [-0.15, -0.1) is 5.10 Å². The Hall–Kier alpha value is -2.40. The first-order valence-corrected chi connectivity index (χ1v) is 9.40. The van der Waals surface area contributed by atoms with E-state index in [1.54, 1.807) is 12.2 Å². The van der Waals surface area contributed by atoms with Crippen molar-refractivity contribution in [1.82, 2.24) is 15.1 Å². The molecule has 4 rings (SSSR count). The van der Waals surface area contributed by atoms with Gasteiger partial charge < -0.3 is 9.80 Å². The number of benzene rings is 1. The topological polar surface area (TPSA) is 49.3 Å². The van der Waals surface area contributed by atoms with Crippen molar-refractivity contribution >= 4 is 29.4 Å². The molecule has 0 saturated carbocycles. The molecule has 2 heterocycles. The zero-order chi connectivity index (χ0) is 17.9. The van der Waals surface area contributed by atoms with E-state index in [9.17, 15) is 4.79 Å². The SMILES string of the molecule is O=C(/C=C/c1ccccc1Cl)N1CCN(c2cc3c(nn2)CCC3)CC1. The smallest absolute Gasteiger partial charge is 0.246 e. The van der Waals surface area contributed by atoms with Crippen LogP contribution in [0.5, 0.6) is 0 Å². The first kappa shape index (κ1) is 17.0. The van der Waals surface area contributed by atoms with E-state index in [1.165, 1.54) is 12.0 Å². The molecule has 1 amide bonds. The monoisotopic (exact) mass is 368 g/mol. The number of nitrogens with zero attached hydrogens (tertiary/aromatic N) is 4. The third-order valence-corrected chi connectivity index (χ3v) is 5.38. The van der Waals surface area contributed by atoms with Crippen LogP contribution in [0.15, 0.2) is 36.4 Å². The normalized spacial score (nSPS) is 17.0. The van der Waals surface area contributed by atoms with Gasteiger partial charge in [0.15, 0.2) is 5.82 Å². The van der Waals surface area contributed by atoms with Crippen molar-refractivity contribution in [3.05, 3.63) is 58.3 Å². The Balaban J connectivity index is 1.36. The van der Waals surface area contributed by atoms with Crippen LogP contribution in [0.1, 0.15) is 23.2 Å². The maximum absolute atomic E-state index is 12.4. The number of carbonyl (C=O) groups is 1. The highest BCUT2D eigenvalue weighted by atomic mass is 35.5. The number of hydrogen-bond donors (Lipinski definition) is 0. The molecule has 5 nitrogen and oxygen atoms in total. The summed E-state index contributed by atoms with van der Waals surface area (Å²) in [7, 11) is 0. The number of amides is 1. The minimum atomic E-state index is 0.0182. The van der Waals surface area contributed by atoms with Crippen LogP contribution in [0.4, 0.5) is 5.82 Å². The average Bonchev–Trinajstić information content (AvgIpc) is 3.15. The minimum Gasteiger partial charge on any atom is -0.352 e. The lowest BCUT2D eigenvalue weighted by atomic mass is 10.2. The summed E-state index contributed by atoms with van der Waals surface area (Å²) in [6.07, 6.45) is 6.70. The van der Waals surface area contributed by atoms with Crippen molar-refractivity contribution < 1.29 is 4.79 Å². The molecule has 0 spiro atoms. The Morgan fingerprint density at radius 1 is 1.08 bits per heavy atom. The second-order valence-electron chi connectivity index (χ2n) is 6.70. The fourth-order valence-corrected chi connectivity index (χ4v) is 3.70. The fraction of sp³-hybridized carbons (Fsp3) is 0.350. The van der Waals surface area contributed by atoms with Gasteiger partial charge in [-0.1, -0.05) is 29.8 Å². The van der Waals surface area contributed by atoms with Crippen LogP contribution < -0.4 is 4.90 Å². The molecule has 6 heteroatoms. The number of carbonyl (C=O) groups excluding carboxylic acids is 1. The van der Waals surface area contributed by atoms with E-state index < -0.39 is 0 Å². The largest absolute Gasteiger partial charge is 0.352 e. The summed E-state index contributed by atoms with van der Waals surface area (Å²) in [5.74, 6) is 0.953. The van der Waals surface area contributed by atoms with E-state index >= 15 is 0 Å². The molecular formula is C20H21ClN4O. The lowest BCUT2D eigenvalue weighted by molar-refractivity contribution is -0.126. The van der Waals surface area contributed by atoms with E-state index in [1.807, 2.05) is 29.2 Å². The molecule has 1 fully saturated rings. The molecule has 2 aliphatic rings. The van der Waals surface area contributed by atoms with Gasteiger partial charge in [-0.25, -0.2) is 0 Å². The lowest BCUT2D eigenvalue weighted by Gasteiger charge is -2.34. The Morgan fingerprint density at radius 3 is 2.69 bits per heavy atom. The highest BCUT2D eigenvalue weighted by Gasteiger charge is 2.22. The second-order valence-corrected chi connectivity index (χ2v) is 7.10. The molecule has 134 valence electrons. The molecule has 0 atom stereocenters. The number of piperazine rings is 1. The summed E-state index contributed by atoms with van der Waals surface area (Å²) in [5.41, 5.74) is 3.33. The van der Waals surface area contributed by atoms with Gasteiger partial charge in [0, 0.05) is 37.3 Å². The quantitative estimate of drug-likeness (QED) is 0.781. The molecule has 26 heavy (non-hydrogen) atoms. The van der Waals surface area contributed by atoms with Crippen molar-refractivity contribution in [2.45, 2.75) is 19.3 Å². The molecule has 1 aliphatic heterocycles. The summed E-state index contributed by atoms with van der Waals surface area (Å²) in [6.45, 7) is 2.92. The standard InChI is InChI=1S/C20H21ClN4O/c21-17-6-2-1-4-15(17)8-9-20(26)25-12-10-24(11-13-25)19-14-16-5-3-7-18(16)22-23-19/h1-2,4,6,8-9,14H,3,5,7,10-13H2/b9-8+. The van der Waals surface area contributed by atoms with E-state index in [0.29, 0.717) is 18.1 Å². The Bertz CT molecular complexity index is 843. The van der Waals surface area contributed by atoms with Gasteiger partial charge in [-0.05, 0) is 48.6 Å². The minimum absolute atomic E-state index is 0.0182. The molecule has 1 aromatic heterocycles. The van der Waals surface area contributed by atoms with Gasteiger partial charge in [0.1, 0.15) is 0 Å². The van der Waals surface area contributed by atoms with Crippen molar-refractivity contribution in [3.8, 4) is 0 Å². The number of anilines is 1. The van der Waals surface area contributed by atoms with Crippen molar-refractivity contribution in [1.29, 1.82) is 0 Å². The van der Waals surface area contributed by atoms with Gasteiger partial charge in [-0.3, -0.25) is 4.79 Å². The summed E-state index contributed by atoms with van der Waals surface area (Å²) >= 11 is 6.12. The number of aryl methyl sites for hydroxylation is 2. The van der Waals surface area contributed by atoms with Crippen LogP contribution >= 0.6 is 11.6 Å². The third kappa shape index (κ3) is 3.58. The van der Waals surface area contributed by atoms with Crippen LogP contribution in [-0.2, 0) is 17.6 Å². The Morgan fingerprint density at radius 2 is 1.88 bits per heavy atom. The van der Waals surface area contributed by atoms with E-state index in [2.05, 4.69) is 21.2 Å². The lowest BCUT2D eigenvalue weighted by Crippen LogP contribution is -2.48. The number of rotatable bonds is 3. The van der Waals surface area contributed by atoms with E-state index in [4.69, 9.17) is 11.6 Å². The van der Waals surface area contributed by atoms with Crippen molar-refractivity contribution in [2.75, 3.05) is 31.1 Å². The summed E-state index contributed by atoms with van der Waals surface area (Å²) in [4.78, 5) is 16.5. The van der Waals surface area contributed by atoms with Crippen LogP contribution in [0.3, 0.4) is 0 Å². The van der Waals surface area contributed by atoms with Crippen LogP contribution in [-0.4, -0.2) is 47.2 Å².